The Labute approximate surface area is 203 Å². The minimum atomic E-state index is -0.251. The molecule has 0 bridgehead atoms. The molecule has 2 aromatic heterocycles. The number of benzene rings is 2. The number of para-hydroxylation sites is 1. The third-order valence-electron chi connectivity index (χ3n) is 5.95. The molecule has 0 aliphatic carbocycles. The Morgan fingerprint density at radius 1 is 1.00 bits per heavy atom. The molecule has 0 spiro atoms. The fraction of sp³-hybridized carbons (Fsp3) is 0.185. The second kappa shape index (κ2) is 10.3. The van der Waals surface area contributed by atoms with Crippen LogP contribution < -0.4 is 21.3 Å². The number of hydrogen-bond donors (Lipinski definition) is 4. The number of anilines is 4. The summed E-state index contributed by atoms with van der Waals surface area (Å²) >= 11 is 0. The molecule has 2 aromatic carbocycles. The molecule has 1 aliphatic heterocycles. The number of pyridine rings is 1. The molecule has 0 saturated carbocycles. The summed E-state index contributed by atoms with van der Waals surface area (Å²) in [6, 6.07) is 18.0. The first kappa shape index (κ1) is 22.5. The number of fused-ring (bicyclic) bond motifs is 1. The van der Waals surface area contributed by atoms with Crippen LogP contribution in [0, 0.1) is 0 Å². The van der Waals surface area contributed by atoms with E-state index >= 15 is 0 Å². The Morgan fingerprint density at radius 2 is 1.86 bits per heavy atom. The van der Waals surface area contributed by atoms with Crippen LogP contribution in [0.3, 0.4) is 0 Å². The largest absolute Gasteiger partial charge is 0.367 e. The number of piperidine rings is 1. The monoisotopic (exact) mass is 465 g/mol. The van der Waals surface area contributed by atoms with E-state index in [0.717, 1.165) is 59.5 Å². The highest BCUT2D eigenvalue weighted by Crippen LogP contribution is 2.30. The summed E-state index contributed by atoms with van der Waals surface area (Å²) in [4.78, 5) is 25.5. The lowest BCUT2D eigenvalue weighted by atomic mass is 10.0. The smallest absolute Gasteiger partial charge is 0.247 e. The number of hydrogen-bond acceptors (Lipinski definition) is 7. The van der Waals surface area contributed by atoms with Gasteiger partial charge in [0.05, 0.1) is 17.4 Å². The summed E-state index contributed by atoms with van der Waals surface area (Å²) < 4.78 is 0. The van der Waals surface area contributed by atoms with Crippen molar-refractivity contribution in [2.45, 2.75) is 18.9 Å². The zero-order valence-corrected chi connectivity index (χ0v) is 19.3. The average Bonchev–Trinajstić information content (AvgIpc) is 2.90. The number of carbonyl (C=O) groups excluding carboxylic acids is 1. The van der Waals surface area contributed by atoms with Gasteiger partial charge in [-0.3, -0.25) is 4.79 Å². The molecular weight excluding hydrogens is 438 g/mol. The van der Waals surface area contributed by atoms with E-state index in [1.807, 2.05) is 54.6 Å². The van der Waals surface area contributed by atoms with Gasteiger partial charge in [-0.05, 0) is 61.8 Å². The van der Waals surface area contributed by atoms with E-state index < -0.39 is 0 Å². The molecule has 3 heterocycles. The maximum atomic E-state index is 11.7. The molecule has 1 saturated heterocycles. The summed E-state index contributed by atoms with van der Waals surface area (Å²) in [6.45, 7) is 5.58. The highest BCUT2D eigenvalue weighted by atomic mass is 16.1. The minimum Gasteiger partial charge on any atom is -0.367 e. The molecule has 0 atom stereocenters. The van der Waals surface area contributed by atoms with Crippen LogP contribution in [0.1, 0.15) is 12.8 Å². The van der Waals surface area contributed by atoms with Crippen molar-refractivity contribution in [3.05, 3.63) is 79.6 Å². The van der Waals surface area contributed by atoms with Gasteiger partial charge in [-0.15, -0.1) is 0 Å². The number of aromatic nitrogens is 3. The second-order valence-electron chi connectivity index (χ2n) is 8.44. The van der Waals surface area contributed by atoms with Gasteiger partial charge in [0.1, 0.15) is 5.82 Å². The molecule has 4 aromatic rings. The summed E-state index contributed by atoms with van der Waals surface area (Å²) in [5.74, 6) is 1.11. The maximum Gasteiger partial charge on any atom is 0.247 e. The molecule has 4 N–H and O–H groups in total. The van der Waals surface area contributed by atoms with Crippen molar-refractivity contribution < 1.29 is 4.79 Å². The molecule has 176 valence electrons. The van der Waals surface area contributed by atoms with Crippen LogP contribution in [0.25, 0.3) is 22.0 Å². The lowest BCUT2D eigenvalue weighted by Crippen LogP contribution is -2.35. The van der Waals surface area contributed by atoms with Gasteiger partial charge in [-0.2, -0.15) is 0 Å². The molecule has 8 nitrogen and oxygen atoms in total. The van der Waals surface area contributed by atoms with Crippen molar-refractivity contribution in [1.82, 2.24) is 20.3 Å². The Hall–Kier alpha value is -4.30. The van der Waals surface area contributed by atoms with Gasteiger partial charge in [0.15, 0.2) is 0 Å². The van der Waals surface area contributed by atoms with Crippen LogP contribution in [0.2, 0.25) is 0 Å². The van der Waals surface area contributed by atoms with Crippen molar-refractivity contribution in [2.24, 2.45) is 0 Å². The minimum absolute atomic E-state index is 0.251. The van der Waals surface area contributed by atoms with E-state index in [9.17, 15) is 4.79 Å². The molecule has 0 radical (unpaired) electrons. The van der Waals surface area contributed by atoms with E-state index in [2.05, 4.69) is 37.8 Å². The van der Waals surface area contributed by atoms with Crippen LogP contribution in [-0.4, -0.2) is 40.0 Å². The number of amides is 1. The van der Waals surface area contributed by atoms with Crippen LogP contribution in [-0.2, 0) is 4.79 Å². The number of carbonyl (C=O) groups is 1. The van der Waals surface area contributed by atoms with Crippen molar-refractivity contribution >= 4 is 40.0 Å². The van der Waals surface area contributed by atoms with E-state index in [4.69, 9.17) is 4.98 Å². The Balaban J connectivity index is 1.37. The molecule has 0 unspecified atom stereocenters. The normalized spacial score (nSPS) is 13.8. The lowest BCUT2D eigenvalue weighted by molar-refractivity contribution is -0.111. The number of nitrogens with zero attached hydrogens (tertiary/aromatic N) is 3. The Bertz CT molecular complexity index is 1350. The first-order chi connectivity index (χ1) is 17.2. The van der Waals surface area contributed by atoms with Crippen molar-refractivity contribution in [1.29, 1.82) is 0 Å². The summed E-state index contributed by atoms with van der Waals surface area (Å²) in [5, 5.41) is 13.9. The molecule has 35 heavy (non-hydrogen) atoms. The topological polar surface area (TPSA) is 104 Å². The van der Waals surface area contributed by atoms with Gasteiger partial charge >= 0.3 is 0 Å². The highest BCUT2D eigenvalue weighted by Gasteiger charge is 2.13. The van der Waals surface area contributed by atoms with E-state index in [0.29, 0.717) is 17.7 Å². The molecular formula is C27H27N7O. The van der Waals surface area contributed by atoms with Crippen molar-refractivity contribution in [3.63, 3.8) is 0 Å². The van der Waals surface area contributed by atoms with Crippen LogP contribution in [0.4, 0.5) is 23.1 Å². The van der Waals surface area contributed by atoms with E-state index in [-0.39, 0.29) is 5.91 Å². The predicted molar refractivity (Wildman–Crippen MR) is 141 cm³/mol. The first-order valence-corrected chi connectivity index (χ1v) is 11.7. The van der Waals surface area contributed by atoms with E-state index in [1.54, 1.807) is 12.4 Å². The summed E-state index contributed by atoms with van der Waals surface area (Å²) in [7, 11) is 0. The van der Waals surface area contributed by atoms with Gasteiger partial charge in [0.2, 0.25) is 11.9 Å². The standard InChI is InChI=1S/C27H27N7O/c1-2-25(35)32-21-7-3-5-18(15-21)23-8-4-6-19-16-30-27(34-26(19)23)33-22-9-10-24(29-17-22)31-20-11-13-28-14-12-20/h2-10,15-17,20,28H,1,11-14H2,(H,29,31)(H,32,35)(H,30,33,34). The summed E-state index contributed by atoms with van der Waals surface area (Å²) in [5.41, 5.74) is 4.21. The molecule has 5 rings (SSSR count). The highest BCUT2D eigenvalue weighted by molar-refractivity contribution is 6.00. The molecule has 1 aliphatic rings. The van der Waals surface area contributed by atoms with Crippen LogP contribution in [0.5, 0.6) is 0 Å². The zero-order chi connectivity index (χ0) is 24.0. The average molecular weight is 466 g/mol. The zero-order valence-electron chi connectivity index (χ0n) is 19.3. The Morgan fingerprint density at radius 3 is 2.66 bits per heavy atom. The second-order valence-corrected chi connectivity index (χ2v) is 8.44. The fourth-order valence-electron chi connectivity index (χ4n) is 4.16. The summed E-state index contributed by atoms with van der Waals surface area (Å²) in [6.07, 6.45) is 7.03. The van der Waals surface area contributed by atoms with Crippen molar-refractivity contribution in [3.8, 4) is 11.1 Å². The quantitative estimate of drug-likeness (QED) is 0.293. The van der Waals surface area contributed by atoms with E-state index in [1.165, 1.54) is 6.08 Å². The molecule has 1 fully saturated rings. The van der Waals surface area contributed by atoms with Gasteiger partial charge in [-0.1, -0.05) is 36.9 Å². The van der Waals surface area contributed by atoms with Gasteiger partial charge in [0.25, 0.3) is 0 Å². The van der Waals surface area contributed by atoms with Crippen LogP contribution in [0.15, 0.2) is 79.6 Å². The Kier molecular flexibility index (Phi) is 6.63. The van der Waals surface area contributed by atoms with Gasteiger partial charge in [-0.25, -0.2) is 15.0 Å². The predicted octanol–water partition coefficient (Wildman–Crippen LogP) is 4.72. The van der Waals surface area contributed by atoms with Gasteiger partial charge < -0.3 is 21.3 Å². The maximum absolute atomic E-state index is 11.7. The fourth-order valence-corrected chi connectivity index (χ4v) is 4.16. The third kappa shape index (κ3) is 5.44. The van der Waals surface area contributed by atoms with Crippen molar-refractivity contribution in [2.75, 3.05) is 29.0 Å². The lowest BCUT2D eigenvalue weighted by Gasteiger charge is -2.24. The number of nitrogens with one attached hydrogen (secondary N) is 4. The number of rotatable bonds is 7. The first-order valence-electron chi connectivity index (χ1n) is 11.7. The SMILES string of the molecule is C=CC(=O)Nc1cccc(-c2cccc3cnc(Nc4ccc(NC5CCNCC5)nc4)nc23)c1. The van der Waals surface area contributed by atoms with Gasteiger partial charge in [0, 0.05) is 28.9 Å². The third-order valence-corrected chi connectivity index (χ3v) is 5.95. The van der Waals surface area contributed by atoms with Crippen LogP contribution >= 0.6 is 0 Å². The molecule has 8 heteroatoms. The molecule has 1 amide bonds.